The van der Waals surface area contributed by atoms with Gasteiger partial charge < -0.3 is 10.0 Å². The average molecular weight is 323 g/mol. The van der Waals surface area contributed by atoms with E-state index in [4.69, 9.17) is 4.98 Å². The van der Waals surface area contributed by atoms with Gasteiger partial charge in [-0.25, -0.2) is 14.4 Å². The number of aromatic hydroxyl groups is 1. The van der Waals surface area contributed by atoms with E-state index in [1.807, 2.05) is 6.07 Å². The summed E-state index contributed by atoms with van der Waals surface area (Å²) in [6, 6.07) is 11.9. The molecule has 1 aliphatic rings. The maximum Gasteiger partial charge on any atom is 0.165 e. The van der Waals surface area contributed by atoms with Gasteiger partial charge in [0.15, 0.2) is 5.82 Å². The van der Waals surface area contributed by atoms with Crippen LogP contribution in [0.15, 0.2) is 42.5 Å². The minimum atomic E-state index is -0.297. The molecule has 2 heterocycles. The van der Waals surface area contributed by atoms with Crippen molar-refractivity contribution in [1.29, 1.82) is 0 Å². The lowest BCUT2D eigenvalue weighted by Gasteiger charge is -2.24. The van der Waals surface area contributed by atoms with E-state index in [2.05, 4.69) is 16.8 Å². The molecule has 1 fully saturated rings. The molecule has 1 aliphatic heterocycles. The monoisotopic (exact) mass is 323 g/mol. The fourth-order valence-corrected chi connectivity index (χ4v) is 3.33. The molecule has 1 saturated heterocycles. The fraction of sp³-hybridized carbons (Fsp3) is 0.263. The topological polar surface area (TPSA) is 49.2 Å². The third kappa shape index (κ3) is 2.46. The SMILES string of the molecule is C[C@@H]1CCCN1c1nc(-c2ccccc2O)nc2ccc(F)cc12. The zero-order valence-electron chi connectivity index (χ0n) is 13.4. The third-order valence-corrected chi connectivity index (χ3v) is 4.61. The first-order valence-corrected chi connectivity index (χ1v) is 8.16. The van der Waals surface area contributed by atoms with Crippen LogP contribution >= 0.6 is 0 Å². The molecule has 0 bridgehead atoms. The summed E-state index contributed by atoms with van der Waals surface area (Å²) < 4.78 is 13.8. The fourth-order valence-electron chi connectivity index (χ4n) is 3.33. The first-order valence-electron chi connectivity index (χ1n) is 8.16. The minimum absolute atomic E-state index is 0.138. The van der Waals surface area contributed by atoms with Crippen molar-refractivity contribution in [3.63, 3.8) is 0 Å². The number of benzene rings is 2. The Kier molecular flexibility index (Phi) is 3.56. The van der Waals surface area contributed by atoms with Crippen LogP contribution in [0.1, 0.15) is 19.8 Å². The highest BCUT2D eigenvalue weighted by atomic mass is 19.1. The molecule has 0 radical (unpaired) electrons. The number of phenols is 1. The van der Waals surface area contributed by atoms with Gasteiger partial charge in [-0.05, 0) is 50.1 Å². The summed E-state index contributed by atoms with van der Waals surface area (Å²) in [5, 5.41) is 10.8. The zero-order valence-corrected chi connectivity index (χ0v) is 13.4. The van der Waals surface area contributed by atoms with Crippen LogP contribution in [0, 0.1) is 5.82 Å². The number of para-hydroxylation sites is 1. The zero-order chi connectivity index (χ0) is 16.7. The Morgan fingerprint density at radius 3 is 2.75 bits per heavy atom. The normalized spacial score (nSPS) is 17.6. The van der Waals surface area contributed by atoms with Gasteiger partial charge in [-0.2, -0.15) is 0 Å². The summed E-state index contributed by atoms with van der Waals surface area (Å²) in [7, 11) is 0. The van der Waals surface area contributed by atoms with Crippen molar-refractivity contribution in [2.24, 2.45) is 0 Å². The molecule has 5 heteroatoms. The van der Waals surface area contributed by atoms with Crippen molar-refractivity contribution < 1.29 is 9.50 Å². The molecule has 1 atom stereocenters. The number of halogens is 1. The second-order valence-electron chi connectivity index (χ2n) is 6.23. The van der Waals surface area contributed by atoms with E-state index in [0.29, 0.717) is 28.3 Å². The van der Waals surface area contributed by atoms with Gasteiger partial charge in [-0.3, -0.25) is 0 Å². The van der Waals surface area contributed by atoms with Crippen molar-refractivity contribution >= 4 is 16.7 Å². The molecule has 3 aromatic rings. The quantitative estimate of drug-likeness (QED) is 0.770. The Bertz CT molecular complexity index is 912. The van der Waals surface area contributed by atoms with Crippen LogP contribution in [-0.2, 0) is 0 Å². The lowest BCUT2D eigenvalue weighted by atomic mass is 10.1. The predicted octanol–water partition coefficient (Wildman–Crippen LogP) is 4.13. The Hall–Kier alpha value is -2.69. The van der Waals surface area contributed by atoms with E-state index in [9.17, 15) is 9.50 Å². The van der Waals surface area contributed by atoms with Crippen LogP contribution in [0.5, 0.6) is 5.75 Å². The summed E-state index contributed by atoms with van der Waals surface area (Å²) in [6.45, 7) is 3.05. The summed E-state index contributed by atoms with van der Waals surface area (Å²) in [5.74, 6) is 1.04. The largest absolute Gasteiger partial charge is 0.507 e. The first kappa shape index (κ1) is 14.9. The standard InChI is InChI=1S/C19H18FN3O/c1-12-5-4-10-23(12)19-15-11-13(20)8-9-16(15)21-18(22-19)14-6-2-3-7-17(14)24/h2-3,6-9,11-12,24H,4-5,10H2,1H3/t12-/m1/s1. The lowest BCUT2D eigenvalue weighted by molar-refractivity contribution is 0.477. The molecule has 24 heavy (non-hydrogen) atoms. The van der Waals surface area contributed by atoms with Gasteiger partial charge in [-0.1, -0.05) is 12.1 Å². The Labute approximate surface area is 139 Å². The van der Waals surface area contributed by atoms with E-state index in [1.165, 1.54) is 12.1 Å². The van der Waals surface area contributed by atoms with Gasteiger partial charge in [0.25, 0.3) is 0 Å². The van der Waals surface area contributed by atoms with Crippen molar-refractivity contribution in [3.05, 3.63) is 48.3 Å². The van der Waals surface area contributed by atoms with Gasteiger partial charge in [0, 0.05) is 18.0 Å². The maximum absolute atomic E-state index is 13.8. The van der Waals surface area contributed by atoms with Gasteiger partial charge in [0.2, 0.25) is 0 Å². The number of rotatable bonds is 2. The molecule has 122 valence electrons. The van der Waals surface area contributed by atoms with Crippen LogP contribution in [0.2, 0.25) is 0 Å². The number of hydrogen-bond acceptors (Lipinski definition) is 4. The Morgan fingerprint density at radius 2 is 2.00 bits per heavy atom. The molecule has 0 saturated carbocycles. The van der Waals surface area contributed by atoms with Crippen molar-refractivity contribution in [3.8, 4) is 17.1 Å². The Balaban J connectivity index is 1.97. The van der Waals surface area contributed by atoms with Crippen LogP contribution in [0.4, 0.5) is 10.2 Å². The lowest BCUT2D eigenvalue weighted by Crippen LogP contribution is -2.27. The molecule has 2 aromatic carbocycles. The minimum Gasteiger partial charge on any atom is -0.507 e. The number of aromatic nitrogens is 2. The molecule has 0 unspecified atom stereocenters. The molecular formula is C19H18FN3O. The average Bonchev–Trinajstić information content (AvgIpc) is 3.00. The number of fused-ring (bicyclic) bond motifs is 1. The summed E-state index contributed by atoms with van der Waals surface area (Å²) in [5.41, 5.74) is 1.26. The third-order valence-electron chi connectivity index (χ3n) is 4.61. The van der Waals surface area contributed by atoms with Crippen molar-refractivity contribution in [2.75, 3.05) is 11.4 Å². The molecular weight excluding hydrogens is 305 g/mol. The second-order valence-corrected chi connectivity index (χ2v) is 6.23. The summed E-state index contributed by atoms with van der Waals surface area (Å²) >= 11 is 0. The smallest absolute Gasteiger partial charge is 0.165 e. The molecule has 0 aliphatic carbocycles. The van der Waals surface area contributed by atoms with E-state index < -0.39 is 0 Å². The molecule has 4 rings (SSSR count). The van der Waals surface area contributed by atoms with E-state index in [-0.39, 0.29) is 11.6 Å². The van der Waals surface area contributed by atoms with Crippen LogP contribution < -0.4 is 4.90 Å². The van der Waals surface area contributed by atoms with Gasteiger partial charge in [0.1, 0.15) is 17.4 Å². The van der Waals surface area contributed by atoms with Gasteiger partial charge in [-0.15, -0.1) is 0 Å². The number of hydrogen-bond donors (Lipinski definition) is 1. The number of nitrogens with zero attached hydrogens (tertiary/aromatic N) is 3. The van der Waals surface area contributed by atoms with Gasteiger partial charge >= 0.3 is 0 Å². The summed E-state index contributed by atoms with van der Waals surface area (Å²) in [4.78, 5) is 11.4. The van der Waals surface area contributed by atoms with Gasteiger partial charge in [0.05, 0.1) is 11.1 Å². The first-order chi connectivity index (χ1) is 11.6. The second kappa shape index (κ2) is 5.74. The van der Waals surface area contributed by atoms with Crippen LogP contribution in [-0.4, -0.2) is 27.7 Å². The molecule has 0 amide bonds. The maximum atomic E-state index is 13.8. The molecule has 1 aromatic heterocycles. The number of phenolic OH excluding ortho intramolecular Hbond substituents is 1. The molecule has 1 N–H and O–H groups in total. The van der Waals surface area contributed by atoms with Crippen LogP contribution in [0.25, 0.3) is 22.3 Å². The predicted molar refractivity (Wildman–Crippen MR) is 92.6 cm³/mol. The highest BCUT2D eigenvalue weighted by molar-refractivity contribution is 5.91. The molecule has 4 nitrogen and oxygen atoms in total. The Morgan fingerprint density at radius 1 is 1.17 bits per heavy atom. The molecule has 0 spiro atoms. The van der Waals surface area contributed by atoms with Crippen molar-refractivity contribution in [2.45, 2.75) is 25.8 Å². The van der Waals surface area contributed by atoms with E-state index in [1.54, 1.807) is 24.3 Å². The number of anilines is 1. The van der Waals surface area contributed by atoms with Crippen LogP contribution in [0.3, 0.4) is 0 Å². The van der Waals surface area contributed by atoms with E-state index in [0.717, 1.165) is 25.2 Å². The highest BCUT2D eigenvalue weighted by Crippen LogP contribution is 2.34. The highest BCUT2D eigenvalue weighted by Gasteiger charge is 2.25. The summed E-state index contributed by atoms with van der Waals surface area (Å²) in [6.07, 6.45) is 2.18. The van der Waals surface area contributed by atoms with Crippen molar-refractivity contribution in [1.82, 2.24) is 9.97 Å². The van der Waals surface area contributed by atoms with E-state index >= 15 is 0 Å².